The second kappa shape index (κ2) is 11.5. The Morgan fingerprint density at radius 3 is 2.53 bits per heavy atom. The second-order valence-electron chi connectivity index (χ2n) is 6.39. The molecule has 32 heavy (non-hydrogen) atoms. The number of halogens is 4. The van der Waals surface area contributed by atoms with E-state index < -0.39 is 23.6 Å². The highest BCUT2D eigenvalue weighted by Gasteiger charge is 2.30. The van der Waals surface area contributed by atoms with Gasteiger partial charge in [0.05, 0.1) is 30.0 Å². The monoisotopic (exact) mass is 515 g/mol. The molecule has 0 fully saturated rings. The molecule has 2 N–H and O–H groups in total. The van der Waals surface area contributed by atoms with Gasteiger partial charge in [-0.15, -0.1) is 0 Å². The van der Waals surface area contributed by atoms with E-state index in [0.717, 1.165) is 12.1 Å². The van der Waals surface area contributed by atoms with E-state index in [2.05, 4.69) is 31.8 Å². The lowest BCUT2D eigenvalue weighted by Crippen LogP contribution is -2.20. The number of rotatable bonds is 9. The van der Waals surface area contributed by atoms with Crippen molar-refractivity contribution in [3.8, 4) is 11.5 Å². The molecule has 0 aliphatic heterocycles. The highest BCUT2D eigenvalue weighted by molar-refractivity contribution is 9.10. The minimum Gasteiger partial charge on any atom is -0.492 e. The summed E-state index contributed by atoms with van der Waals surface area (Å²) in [5.74, 6) is -0.0924. The van der Waals surface area contributed by atoms with Crippen LogP contribution in [0.1, 0.15) is 30.9 Å². The smallest absolute Gasteiger partial charge is 0.416 e. The molecule has 2 amide bonds. The van der Waals surface area contributed by atoms with E-state index in [-0.39, 0.29) is 18.5 Å². The molecule has 0 bridgehead atoms. The average Bonchev–Trinajstić information content (AvgIpc) is 2.72. The van der Waals surface area contributed by atoms with Crippen LogP contribution in [0.2, 0.25) is 0 Å². The van der Waals surface area contributed by atoms with E-state index in [1.54, 1.807) is 12.1 Å². The molecule has 0 unspecified atom stereocenters. The van der Waals surface area contributed by atoms with E-state index >= 15 is 0 Å². The minimum absolute atomic E-state index is 0.00145. The molecular weight excluding hydrogens is 495 g/mol. The molecule has 0 heterocycles. The average molecular weight is 516 g/mol. The number of alkyl halides is 3. The third kappa shape index (κ3) is 7.56. The van der Waals surface area contributed by atoms with Crippen LogP contribution in [0.15, 0.2) is 46.0 Å². The molecule has 0 aliphatic rings. The number of benzene rings is 2. The third-order valence-corrected chi connectivity index (χ3v) is 4.58. The highest BCUT2D eigenvalue weighted by atomic mass is 79.9. The van der Waals surface area contributed by atoms with Gasteiger partial charge in [0.15, 0.2) is 11.5 Å². The van der Waals surface area contributed by atoms with E-state index in [1.165, 1.54) is 25.5 Å². The van der Waals surface area contributed by atoms with Crippen LogP contribution in [0.25, 0.3) is 0 Å². The third-order valence-electron chi connectivity index (χ3n) is 3.99. The van der Waals surface area contributed by atoms with Gasteiger partial charge in [-0.25, -0.2) is 5.43 Å². The Hall–Kier alpha value is -3.08. The van der Waals surface area contributed by atoms with Gasteiger partial charge in [0.25, 0.3) is 0 Å². The van der Waals surface area contributed by atoms with Gasteiger partial charge in [-0.3, -0.25) is 9.59 Å². The fourth-order valence-electron chi connectivity index (χ4n) is 2.58. The Balaban J connectivity index is 1.87. The van der Waals surface area contributed by atoms with Gasteiger partial charge in [0, 0.05) is 18.5 Å². The predicted octanol–water partition coefficient (Wildman–Crippen LogP) is 4.74. The number of anilines is 1. The van der Waals surface area contributed by atoms with Crippen LogP contribution < -0.4 is 20.2 Å². The number of hydrogen-bond acceptors (Lipinski definition) is 5. The zero-order chi connectivity index (χ0) is 23.7. The molecule has 0 aromatic heterocycles. The number of hydrogen-bond donors (Lipinski definition) is 2. The van der Waals surface area contributed by atoms with Crippen molar-refractivity contribution in [3.63, 3.8) is 0 Å². The van der Waals surface area contributed by atoms with Crippen LogP contribution in [0.4, 0.5) is 18.9 Å². The molecule has 0 aliphatic carbocycles. The normalized spacial score (nSPS) is 11.3. The summed E-state index contributed by atoms with van der Waals surface area (Å²) < 4.78 is 49.6. The van der Waals surface area contributed by atoms with E-state index in [9.17, 15) is 22.8 Å². The van der Waals surface area contributed by atoms with Gasteiger partial charge in [0.2, 0.25) is 11.8 Å². The van der Waals surface area contributed by atoms with Crippen LogP contribution in [-0.4, -0.2) is 31.7 Å². The fraction of sp³-hybridized carbons (Fsp3) is 0.286. The standard InChI is InChI=1S/C21H21BrF3N3O4/c1-3-32-17-10-13(9-16(22)20(17)31-2)12-26-28-19(30)8-7-18(29)27-15-6-4-5-14(11-15)21(23,24)25/h4-6,9-12H,3,7-8H2,1-2H3,(H,27,29)(H,28,30). The number of amides is 2. The van der Waals surface area contributed by atoms with Crippen molar-refractivity contribution in [1.29, 1.82) is 0 Å². The minimum atomic E-state index is -4.51. The van der Waals surface area contributed by atoms with Crippen molar-refractivity contribution in [2.24, 2.45) is 5.10 Å². The Bertz CT molecular complexity index is 997. The summed E-state index contributed by atoms with van der Waals surface area (Å²) in [5.41, 5.74) is 2.05. The van der Waals surface area contributed by atoms with Crippen molar-refractivity contribution < 1.29 is 32.2 Å². The molecule has 0 saturated carbocycles. The molecule has 2 aromatic carbocycles. The summed E-state index contributed by atoms with van der Waals surface area (Å²) in [6, 6.07) is 7.66. The zero-order valence-corrected chi connectivity index (χ0v) is 18.8. The Morgan fingerprint density at radius 2 is 1.88 bits per heavy atom. The van der Waals surface area contributed by atoms with E-state index in [0.29, 0.717) is 28.1 Å². The van der Waals surface area contributed by atoms with Crippen molar-refractivity contribution in [1.82, 2.24) is 5.43 Å². The van der Waals surface area contributed by atoms with Crippen molar-refractivity contribution in [3.05, 3.63) is 52.0 Å². The lowest BCUT2D eigenvalue weighted by atomic mass is 10.2. The lowest BCUT2D eigenvalue weighted by molar-refractivity contribution is -0.137. The number of carbonyl (C=O) groups excluding carboxylic acids is 2. The maximum absolute atomic E-state index is 12.7. The van der Waals surface area contributed by atoms with Crippen LogP contribution in [-0.2, 0) is 15.8 Å². The van der Waals surface area contributed by atoms with Crippen LogP contribution >= 0.6 is 15.9 Å². The summed E-state index contributed by atoms with van der Waals surface area (Å²) in [6.07, 6.45) is -3.53. The summed E-state index contributed by atoms with van der Waals surface area (Å²) >= 11 is 3.37. The van der Waals surface area contributed by atoms with E-state index in [4.69, 9.17) is 9.47 Å². The maximum Gasteiger partial charge on any atom is 0.416 e. The molecule has 0 atom stereocenters. The molecule has 7 nitrogen and oxygen atoms in total. The summed E-state index contributed by atoms with van der Waals surface area (Å²) in [7, 11) is 1.51. The van der Waals surface area contributed by atoms with Gasteiger partial charge < -0.3 is 14.8 Å². The number of nitrogens with zero attached hydrogens (tertiary/aromatic N) is 1. The second-order valence-corrected chi connectivity index (χ2v) is 7.24. The topological polar surface area (TPSA) is 89.0 Å². The first-order chi connectivity index (χ1) is 15.1. The van der Waals surface area contributed by atoms with Gasteiger partial charge in [-0.2, -0.15) is 18.3 Å². The summed E-state index contributed by atoms with van der Waals surface area (Å²) in [4.78, 5) is 23.8. The Labute approximate surface area is 191 Å². The van der Waals surface area contributed by atoms with Gasteiger partial charge in [0.1, 0.15) is 0 Å². The Morgan fingerprint density at radius 1 is 1.16 bits per heavy atom. The predicted molar refractivity (Wildman–Crippen MR) is 117 cm³/mol. The molecule has 11 heteroatoms. The number of hydrazone groups is 1. The fourth-order valence-corrected chi connectivity index (χ4v) is 3.20. The van der Waals surface area contributed by atoms with Gasteiger partial charge in [-0.05, 0) is 58.7 Å². The molecule has 0 radical (unpaired) electrons. The first kappa shape index (κ1) is 25.2. The van der Waals surface area contributed by atoms with Crippen molar-refractivity contribution >= 4 is 39.6 Å². The van der Waals surface area contributed by atoms with E-state index in [1.807, 2.05) is 6.92 Å². The first-order valence-corrected chi connectivity index (χ1v) is 10.2. The lowest BCUT2D eigenvalue weighted by Gasteiger charge is -2.11. The molecule has 172 valence electrons. The number of carbonyl (C=O) groups is 2. The molecule has 0 saturated heterocycles. The molecule has 2 rings (SSSR count). The van der Waals surface area contributed by atoms with Crippen LogP contribution in [0, 0.1) is 0 Å². The zero-order valence-electron chi connectivity index (χ0n) is 17.3. The quantitative estimate of drug-likeness (QED) is 0.372. The van der Waals surface area contributed by atoms with Crippen molar-refractivity contribution in [2.75, 3.05) is 19.0 Å². The Kier molecular flexibility index (Phi) is 9.06. The van der Waals surface area contributed by atoms with Gasteiger partial charge >= 0.3 is 6.18 Å². The number of methoxy groups -OCH3 is 1. The van der Waals surface area contributed by atoms with Crippen LogP contribution in [0.3, 0.4) is 0 Å². The molecular formula is C21H21BrF3N3O4. The number of nitrogens with one attached hydrogen (secondary N) is 2. The SMILES string of the molecule is CCOc1cc(C=NNC(=O)CCC(=O)Nc2cccc(C(F)(F)F)c2)cc(Br)c1OC. The maximum atomic E-state index is 12.7. The highest BCUT2D eigenvalue weighted by Crippen LogP contribution is 2.36. The van der Waals surface area contributed by atoms with Crippen LogP contribution in [0.5, 0.6) is 11.5 Å². The van der Waals surface area contributed by atoms with Gasteiger partial charge in [-0.1, -0.05) is 6.07 Å². The van der Waals surface area contributed by atoms with Crippen molar-refractivity contribution in [2.45, 2.75) is 25.9 Å². The largest absolute Gasteiger partial charge is 0.492 e. The molecule has 0 spiro atoms. The first-order valence-electron chi connectivity index (χ1n) is 9.43. The number of ether oxygens (including phenoxy) is 2. The summed E-state index contributed by atoms with van der Waals surface area (Å²) in [6.45, 7) is 2.26. The molecule has 2 aromatic rings. The summed E-state index contributed by atoms with van der Waals surface area (Å²) in [5, 5.41) is 6.18.